The maximum Gasteiger partial charge on any atom is 0.348 e. The number of amides is 1. The van der Waals surface area contributed by atoms with Crippen molar-refractivity contribution in [1.29, 1.82) is 0 Å². The molecule has 0 aliphatic carbocycles. The van der Waals surface area contributed by atoms with Gasteiger partial charge in [0.15, 0.2) is 6.61 Å². The fourth-order valence-corrected chi connectivity index (χ4v) is 4.19. The summed E-state index contributed by atoms with van der Waals surface area (Å²) in [6, 6.07) is 15.6. The third kappa shape index (κ3) is 4.59. The molecule has 3 aromatic rings. The van der Waals surface area contributed by atoms with Crippen LogP contribution in [0.5, 0.6) is 5.75 Å². The van der Waals surface area contributed by atoms with E-state index in [1.165, 1.54) is 11.3 Å². The van der Waals surface area contributed by atoms with E-state index in [-0.39, 0.29) is 6.61 Å². The minimum absolute atomic E-state index is 0.287. The normalized spacial score (nSPS) is 11.5. The molecule has 0 atom stereocenters. The number of ether oxygens (including phenoxy) is 3. The van der Waals surface area contributed by atoms with Gasteiger partial charge in [0.25, 0.3) is 5.91 Å². The predicted molar refractivity (Wildman–Crippen MR) is 115 cm³/mol. The molecule has 158 valence electrons. The van der Waals surface area contributed by atoms with Gasteiger partial charge in [0.1, 0.15) is 17.2 Å². The highest BCUT2D eigenvalue weighted by Gasteiger charge is 2.23. The zero-order chi connectivity index (χ0) is 21.8. The van der Waals surface area contributed by atoms with Crippen LogP contribution in [0.1, 0.15) is 32.5 Å². The fraction of sp³-hybridized carbons (Fsp3) is 0.174. The molecule has 31 heavy (non-hydrogen) atoms. The summed E-state index contributed by atoms with van der Waals surface area (Å²) in [6.45, 7) is 1.98. The Morgan fingerprint density at radius 1 is 1.03 bits per heavy atom. The Hall–Kier alpha value is -3.65. The van der Waals surface area contributed by atoms with Crippen molar-refractivity contribution < 1.29 is 28.6 Å². The van der Waals surface area contributed by atoms with E-state index in [4.69, 9.17) is 14.2 Å². The molecule has 0 bridgehead atoms. The number of hydrogen-bond acceptors (Lipinski definition) is 7. The number of carbonyl (C=O) groups excluding carboxylic acids is 3. The van der Waals surface area contributed by atoms with Gasteiger partial charge in [-0.3, -0.25) is 4.79 Å². The molecule has 2 aromatic carbocycles. The molecule has 0 saturated heterocycles. The molecule has 8 heteroatoms. The lowest BCUT2D eigenvalue weighted by molar-refractivity contribution is -0.119. The summed E-state index contributed by atoms with van der Waals surface area (Å²) in [5.74, 6) is -0.692. The number of hydrogen-bond donors (Lipinski definition) is 1. The summed E-state index contributed by atoms with van der Waals surface area (Å²) in [4.78, 5) is 37.6. The second-order valence-electron chi connectivity index (χ2n) is 6.67. The standard InChI is InChI=1S/C23H19NO6S/c1-2-28-22(26)14-7-9-16(10-8-14)24-20(25)13-30-23(27)19-11-15-12-29-18-6-4-3-5-17(18)21(15)31-19/h3-11H,2,12-13H2,1H3,(H,24,25). The van der Waals surface area contributed by atoms with Crippen molar-refractivity contribution in [2.24, 2.45) is 0 Å². The van der Waals surface area contributed by atoms with Gasteiger partial charge in [-0.1, -0.05) is 12.1 Å². The Bertz CT molecular complexity index is 1140. The Labute approximate surface area is 182 Å². The molecule has 1 aromatic heterocycles. The van der Waals surface area contributed by atoms with Crippen LogP contribution in [0.15, 0.2) is 54.6 Å². The van der Waals surface area contributed by atoms with Crippen molar-refractivity contribution in [3.63, 3.8) is 0 Å². The summed E-state index contributed by atoms with van der Waals surface area (Å²) in [7, 11) is 0. The molecule has 1 amide bonds. The molecule has 0 unspecified atom stereocenters. The van der Waals surface area contributed by atoms with E-state index < -0.39 is 24.5 Å². The first-order chi connectivity index (χ1) is 15.0. The summed E-state index contributed by atoms with van der Waals surface area (Å²) >= 11 is 1.32. The lowest BCUT2D eigenvalue weighted by Crippen LogP contribution is -2.20. The Morgan fingerprint density at radius 3 is 2.58 bits per heavy atom. The molecular weight excluding hydrogens is 418 g/mol. The van der Waals surface area contributed by atoms with Gasteiger partial charge < -0.3 is 19.5 Å². The van der Waals surface area contributed by atoms with Crippen LogP contribution in [0, 0.1) is 0 Å². The first kappa shape index (κ1) is 20.6. The van der Waals surface area contributed by atoms with Gasteiger partial charge in [0, 0.05) is 21.7 Å². The summed E-state index contributed by atoms with van der Waals surface area (Å²) < 4.78 is 15.8. The quantitative estimate of drug-likeness (QED) is 0.579. The number of anilines is 1. The van der Waals surface area contributed by atoms with Crippen LogP contribution in [-0.4, -0.2) is 31.1 Å². The summed E-state index contributed by atoms with van der Waals surface area (Å²) in [5.41, 5.74) is 2.73. The van der Waals surface area contributed by atoms with E-state index in [9.17, 15) is 14.4 Å². The summed E-state index contributed by atoms with van der Waals surface area (Å²) in [5, 5.41) is 2.62. The number of carbonyl (C=O) groups is 3. The van der Waals surface area contributed by atoms with Crippen LogP contribution < -0.4 is 10.1 Å². The Balaban J connectivity index is 1.34. The van der Waals surface area contributed by atoms with E-state index in [1.807, 2.05) is 24.3 Å². The zero-order valence-corrected chi connectivity index (χ0v) is 17.5. The number of thiophene rings is 1. The highest BCUT2D eigenvalue weighted by atomic mass is 32.1. The van der Waals surface area contributed by atoms with Gasteiger partial charge in [-0.05, 0) is 49.4 Å². The molecule has 1 aliphatic rings. The molecule has 1 N–H and O–H groups in total. The molecule has 0 fully saturated rings. The number of benzene rings is 2. The number of para-hydroxylation sites is 1. The second kappa shape index (κ2) is 9.01. The largest absolute Gasteiger partial charge is 0.488 e. The van der Waals surface area contributed by atoms with Crippen molar-refractivity contribution in [2.75, 3.05) is 18.5 Å². The van der Waals surface area contributed by atoms with Gasteiger partial charge in [-0.25, -0.2) is 9.59 Å². The number of rotatable bonds is 6. The lowest BCUT2D eigenvalue weighted by Gasteiger charge is -2.16. The van der Waals surface area contributed by atoms with Crippen LogP contribution in [0.3, 0.4) is 0 Å². The molecule has 7 nitrogen and oxygen atoms in total. The van der Waals surface area contributed by atoms with E-state index in [2.05, 4.69) is 5.32 Å². The molecule has 4 rings (SSSR count). The third-order valence-corrected chi connectivity index (χ3v) is 5.73. The van der Waals surface area contributed by atoms with Crippen molar-refractivity contribution in [2.45, 2.75) is 13.5 Å². The topological polar surface area (TPSA) is 90.9 Å². The van der Waals surface area contributed by atoms with E-state index in [1.54, 1.807) is 37.3 Å². The maximum atomic E-state index is 12.4. The molecule has 0 saturated carbocycles. The monoisotopic (exact) mass is 437 g/mol. The smallest absolute Gasteiger partial charge is 0.348 e. The van der Waals surface area contributed by atoms with Gasteiger partial charge >= 0.3 is 11.9 Å². The van der Waals surface area contributed by atoms with Crippen molar-refractivity contribution in [3.05, 3.63) is 70.6 Å². The molecule has 0 radical (unpaired) electrons. The van der Waals surface area contributed by atoms with Gasteiger partial charge in [0.2, 0.25) is 0 Å². The first-order valence-corrected chi connectivity index (χ1v) is 10.5. The lowest BCUT2D eigenvalue weighted by atomic mass is 10.1. The SMILES string of the molecule is CCOC(=O)c1ccc(NC(=O)COC(=O)c2cc3c(s2)-c2ccccc2OC3)cc1. The van der Waals surface area contributed by atoms with Crippen molar-refractivity contribution in [3.8, 4) is 16.2 Å². The van der Waals surface area contributed by atoms with Crippen LogP contribution in [0.25, 0.3) is 10.4 Å². The number of fused-ring (bicyclic) bond motifs is 3. The average Bonchev–Trinajstić information content (AvgIpc) is 3.23. The van der Waals surface area contributed by atoms with E-state index in [0.29, 0.717) is 22.7 Å². The molecular formula is C23H19NO6S. The number of esters is 2. The Morgan fingerprint density at radius 2 is 1.81 bits per heavy atom. The average molecular weight is 437 g/mol. The highest BCUT2D eigenvalue weighted by molar-refractivity contribution is 7.17. The minimum Gasteiger partial charge on any atom is -0.488 e. The molecule has 1 aliphatic heterocycles. The van der Waals surface area contributed by atoms with Crippen LogP contribution >= 0.6 is 11.3 Å². The predicted octanol–water partition coefficient (Wildman–Crippen LogP) is 4.28. The molecule has 2 heterocycles. The highest BCUT2D eigenvalue weighted by Crippen LogP contribution is 2.42. The van der Waals surface area contributed by atoms with E-state index in [0.717, 1.165) is 21.8 Å². The van der Waals surface area contributed by atoms with Gasteiger partial charge in [-0.2, -0.15) is 0 Å². The van der Waals surface area contributed by atoms with Crippen LogP contribution in [0.2, 0.25) is 0 Å². The second-order valence-corrected chi connectivity index (χ2v) is 7.72. The van der Waals surface area contributed by atoms with Gasteiger partial charge in [0.05, 0.1) is 12.2 Å². The Kier molecular flexibility index (Phi) is 5.99. The van der Waals surface area contributed by atoms with E-state index >= 15 is 0 Å². The first-order valence-electron chi connectivity index (χ1n) is 9.64. The van der Waals surface area contributed by atoms with Gasteiger partial charge in [-0.15, -0.1) is 11.3 Å². The minimum atomic E-state index is -0.565. The maximum absolute atomic E-state index is 12.4. The zero-order valence-electron chi connectivity index (χ0n) is 16.7. The summed E-state index contributed by atoms with van der Waals surface area (Å²) in [6.07, 6.45) is 0. The fourth-order valence-electron chi connectivity index (χ4n) is 3.10. The van der Waals surface area contributed by atoms with Crippen molar-refractivity contribution >= 4 is 34.9 Å². The number of nitrogens with one attached hydrogen (secondary N) is 1. The van der Waals surface area contributed by atoms with Crippen LogP contribution in [0.4, 0.5) is 5.69 Å². The van der Waals surface area contributed by atoms with Crippen LogP contribution in [-0.2, 0) is 20.9 Å². The van der Waals surface area contributed by atoms with Crippen molar-refractivity contribution in [1.82, 2.24) is 0 Å². The third-order valence-electron chi connectivity index (χ3n) is 4.54. The molecule has 0 spiro atoms.